The zero-order valence-corrected chi connectivity index (χ0v) is 9.21. The summed E-state index contributed by atoms with van der Waals surface area (Å²) in [6.07, 6.45) is 7.26. The zero-order valence-electron chi connectivity index (χ0n) is 7.63. The second kappa shape index (κ2) is 4.65. The Morgan fingerprint density at radius 1 is 1.67 bits per heavy atom. The van der Waals surface area contributed by atoms with E-state index in [1.807, 2.05) is 19.4 Å². The molecule has 68 valence electrons. The van der Waals surface area contributed by atoms with Gasteiger partial charge in [-0.25, -0.2) is 4.98 Å². The lowest BCUT2D eigenvalue weighted by Gasteiger charge is -2.05. The third-order valence-electron chi connectivity index (χ3n) is 2.05. The average molecular weight is 231 g/mol. The van der Waals surface area contributed by atoms with Gasteiger partial charge in [0.1, 0.15) is 5.82 Å². The number of nitrogens with zero attached hydrogens (tertiary/aromatic N) is 2. The molecule has 2 nitrogen and oxygen atoms in total. The van der Waals surface area contributed by atoms with Crippen molar-refractivity contribution >= 4 is 15.9 Å². The van der Waals surface area contributed by atoms with Crippen molar-refractivity contribution in [3.63, 3.8) is 0 Å². The molecule has 0 saturated carbocycles. The van der Waals surface area contributed by atoms with E-state index in [1.165, 1.54) is 18.7 Å². The number of aryl methyl sites for hydroxylation is 2. The minimum atomic E-state index is 0.634. The van der Waals surface area contributed by atoms with Crippen molar-refractivity contribution in [2.24, 2.45) is 7.05 Å². The van der Waals surface area contributed by atoms with Crippen LogP contribution >= 0.6 is 15.9 Å². The zero-order chi connectivity index (χ0) is 8.97. The smallest absolute Gasteiger partial charge is 0.108 e. The fourth-order valence-corrected chi connectivity index (χ4v) is 1.36. The first-order valence-corrected chi connectivity index (χ1v) is 5.26. The minimum absolute atomic E-state index is 0.634. The van der Waals surface area contributed by atoms with Crippen molar-refractivity contribution in [1.82, 2.24) is 9.55 Å². The second-order valence-electron chi connectivity index (χ2n) is 3.00. The van der Waals surface area contributed by atoms with E-state index in [4.69, 9.17) is 0 Å². The Balaban J connectivity index is 2.38. The maximum Gasteiger partial charge on any atom is 0.108 e. The molecular formula is C9H15BrN2. The SMILES string of the molecule is CCC(Br)CCc1nccn1C. The molecule has 3 heteroatoms. The normalized spacial score (nSPS) is 13.2. The fraction of sp³-hybridized carbons (Fsp3) is 0.667. The molecule has 0 aromatic carbocycles. The number of imidazole rings is 1. The van der Waals surface area contributed by atoms with E-state index >= 15 is 0 Å². The molecule has 0 aliphatic carbocycles. The molecule has 1 aromatic heterocycles. The fourth-order valence-electron chi connectivity index (χ4n) is 1.13. The van der Waals surface area contributed by atoms with Gasteiger partial charge in [0.25, 0.3) is 0 Å². The van der Waals surface area contributed by atoms with Crippen molar-refractivity contribution in [2.45, 2.75) is 31.0 Å². The van der Waals surface area contributed by atoms with E-state index in [9.17, 15) is 0 Å². The van der Waals surface area contributed by atoms with E-state index < -0.39 is 0 Å². The Bertz CT molecular complexity index is 232. The van der Waals surface area contributed by atoms with E-state index in [0.29, 0.717) is 4.83 Å². The summed E-state index contributed by atoms with van der Waals surface area (Å²) in [5.41, 5.74) is 0. The van der Waals surface area contributed by atoms with E-state index in [0.717, 1.165) is 6.42 Å². The molecule has 1 aromatic rings. The number of rotatable bonds is 4. The van der Waals surface area contributed by atoms with Crippen molar-refractivity contribution in [3.05, 3.63) is 18.2 Å². The molecule has 1 rings (SSSR count). The number of halogens is 1. The molecule has 12 heavy (non-hydrogen) atoms. The van der Waals surface area contributed by atoms with Crippen molar-refractivity contribution in [2.75, 3.05) is 0 Å². The molecule has 1 unspecified atom stereocenters. The van der Waals surface area contributed by atoms with Gasteiger partial charge in [-0.2, -0.15) is 0 Å². The van der Waals surface area contributed by atoms with Crippen LogP contribution in [-0.4, -0.2) is 14.4 Å². The van der Waals surface area contributed by atoms with Crippen LogP contribution < -0.4 is 0 Å². The maximum absolute atomic E-state index is 4.26. The average Bonchev–Trinajstić information content (AvgIpc) is 2.47. The molecule has 0 spiro atoms. The lowest BCUT2D eigenvalue weighted by atomic mass is 10.2. The summed E-state index contributed by atoms with van der Waals surface area (Å²) in [4.78, 5) is 4.90. The third-order valence-corrected chi connectivity index (χ3v) is 3.15. The maximum atomic E-state index is 4.26. The lowest BCUT2D eigenvalue weighted by molar-refractivity contribution is 0.690. The molecule has 0 saturated heterocycles. The van der Waals surface area contributed by atoms with Gasteiger partial charge in [-0.1, -0.05) is 22.9 Å². The van der Waals surface area contributed by atoms with Crippen molar-refractivity contribution in [3.8, 4) is 0 Å². The number of aromatic nitrogens is 2. The second-order valence-corrected chi connectivity index (χ2v) is 4.29. The monoisotopic (exact) mass is 230 g/mol. The molecule has 0 radical (unpaired) electrons. The van der Waals surface area contributed by atoms with Gasteiger partial charge in [-0.05, 0) is 12.8 Å². The summed E-state index contributed by atoms with van der Waals surface area (Å²) in [6.45, 7) is 2.19. The standard InChI is InChI=1S/C9H15BrN2/c1-3-8(10)4-5-9-11-6-7-12(9)2/h6-8H,3-5H2,1-2H3. The van der Waals surface area contributed by atoms with Crippen LogP contribution in [-0.2, 0) is 13.5 Å². The molecule has 0 bridgehead atoms. The largest absolute Gasteiger partial charge is 0.338 e. The van der Waals surface area contributed by atoms with Crippen LogP contribution in [0, 0.1) is 0 Å². The molecule has 0 aliphatic rings. The summed E-state index contributed by atoms with van der Waals surface area (Å²) in [6, 6.07) is 0. The lowest BCUT2D eigenvalue weighted by Crippen LogP contribution is -2.02. The number of hydrogen-bond donors (Lipinski definition) is 0. The van der Waals surface area contributed by atoms with E-state index in [2.05, 4.69) is 32.4 Å². The van der Waals surface area contributed by atoms with Gasteiger partial charge in [0.15, 0.2) is 0 Å². The summed E-state index contributed by atoms with van der Waals surface area (Å²) >= 11 is 3.61. The number of alkyl halides is 1. The Kier molecular flexibility index (Phi) is 3.79. The molecule has 0 N–H and O–H groups in total. The van der Waals surface area contributed by atoms with Gasteiger partial charge in [-0.15, -0.1) is 0 Å². The first-order valence-electron chi connectivity index (χ1n) is 4.34. The van der Waals surface area contributed by atoms with E-state index in [-0.39, 0.29) is 0 Å². The predicted molar refractivity (Wildman–Crippen MR) is 54.5 cm³/mol. The Labute approximate surface area is 82.1 Å². The topological polar surface area (TPSA) is 17.8 Å². The minimum Gasteiger partial charge on any atom is -0.338 e. The van der Waals surface area contributed by atoms with Crippen LogP contribution in [0.25, 0.3) is 0 Å². The summed E-state index contributed by atoms with van der Waals surface area (Å²) < 4.78 is 2.08. The van der Waals surface area contributed by atoms with Crippen molar-refractivity contribution < 1.29 is 0 Å². The van der Waals surface area contributed by atoms with Crippen LogP contribution in [0.2, 0.25) is 0 Å². The predicted octanol–water partition coefficient (Wildman–Crippen LogP) is 2.53. The summed E-state index contributed by atoms with van der Waals surface area (Å²) in [5.74, 6) is 1.17. The van der Waals surface area contributed by atoms with Crippen LogP contribution in [0.5, 0.6) is 0 Å². The Hall–Kier alpha value is -0.310. The van der Waals surface area contributed by atoms with Gasteiger partial charge in [0, 0.05) is 30.7 Å². The summed E-state index contributed by atoms with van der Waals surface area (Å²) in [7, 11) is 2.04. The summed E-state index contributed by atoms with van der Waals surface area (Å²) in [5, 5.41) is 0. The van der Waals surface area contributed by atoms with Gasteiger partial charge in [0.05, 0.1) is 0 Å². The van der Waals surface area contributed by atoms with Gasteiger partial charge < -0.3 is 4.57 Å². The van der Waals surface area contributed by atoms with Crippen molar-refractivity contribution in [1.29, 1.82) is 0 Å². The van der Waals surface area contributed by atoms with Gasteiger partial charge >= 0.3 is 0 Å². The molecule has 1 heterocycles. The highest BCUT2D eigenvalue weighted by atomic mass is 79.9. The Morgan fingerprint density at radius 2 is 2.42 bits per heavy atom. The molecule has 0 aliphatic heterocycles. The number of hydrogen-bond acceptors (Lipinski definition) is 1. The van der Waals surface area contributed by atoms with Gasteiger partial charge in [-0.3, -0.25) is 0 Å². The van der Waals surface area contributed by atoms with Crippen LogP contribution in [0.4, 0.5) is 0 Å². The third kappa shape index (κ3) is 2.63. The highest BCUT2D eigenvalue weighted by Gasteiger charge is 2.03. The first kappa shape index (κ1) is 9.78. The van der Waals surface area contributed by atoms with Crippen LogP contribution in [0.1, 0.15) is 25.6 Å². The van der Waals surface area contributed by atoms with Gasteiger partial charge in [0.2, 0.25) is 0 Å². The molecule has 1 atom stereocenters. The molecular weight excluding hydrogens is 216 g/mol. The molecule has 0 fully saturated rings. The first-order chi connectivity index (χ1) is 5.74. The van der Waals surface area contributed by atoms with Crippen LogP contribution in [0.15, 0.2) is 12.4 Å². The Morgan fingerprint density at radius 3 is 2.92 bits per heavy atom. The van der Waals surface area contributed by atoms with Crippen LogP contribution in [0.3, 0.4) is 0 Å². The molecule has 0 amide bonds. The highest BCUT2D eigenvalue weighted by molar-refractivity contribution is 9.09. The van der Waals surface area contributed by atoms with E-state index in [1.54, 1.807) is 0 Å². The highest BCUT2D eigenvalue weighted by Crippen LogP contribution is 2.12. The quantitative estimate of drug-likeness (QED) is 0.728.